The van der Waals surface area contributed by atoms with Crippen LogP contribution in [0, 0.1) is 0 Å². The number of unbranched alkanes of at least 4 members (excludes halogenated alkanes) is 1. The molecule has 6 heteroatoms. The summed E-state index contributed by atoms with van der Waals surface area (Å²) in [6.45, 7) is 10.8. The van der Waals surface area contributed by atoms with Crippen molar-refractivity contribution < 1.29 is 9.47 Å². The number of guanidine groups is 1. The van der Waals surface area contributed by atoms with Crippen molar-refractivity contribution in [2.24, 2.45) is 4.99 Å². The molecule has 1 aromatic rings. The molecule has 0 bridgehead atoms. The molecule has 0 aliphatic carbocycles. The Kier molecular flexibility index (Phi) is 10.6. The average molecular weight is 391 g/mol. The summed E-state index contributed by atoms with van der Waals surface area (Å²) >= 11 is 0. The first-order valence-electron chi connectivity index (χ1n) is 10.8. The van der Waals surface area contributed by atoms with Crippen molar-refractivity contribution >= 4 is 5.96 Å². The molecule has 0 unspecified atom stereocenters. The molecule has 0 aromatic heterocycles. The van der Waals surface area contributed by atoms with Crippen LogP contribution >= 0.6 is 0 Å². The smallest absolute Gasteiger partial charge is 0.190 e. The number of hydrogen-bond donors (Lipinski definition) is 2. The maximum absolute atomic E-state index is 5.71. The van der Waals surface area contributed by atoms with Gasteiger partial charge in [-0.3, -0.25) is 4.99 Å². The Bertz CT molecular complexity index is 586. The molecular weight excluding hydrogens is 352 g/mol. The first-order valence-corrected chi connectivity index (χ1v) is 10.8. The Morgan fingerprint density at radius 1 is 1.00 bits per heavy atom. The molecule has 1 aromatic carbocycles. The fourth-order valence-electron chi connectivity index (χ4n) is 3.47. The largest absolute Gasteiger partial charge is 0.490 e. The van der Waals surface area contributed by atoms with Gasteiger partial charge < -0.3 is 25.0 Å². The summed E-state index contributed by atoms with van der Waals surface area (Å²) in [6, 6.07) is 6.17. The van der Waals surface area contributed by atoms with Crippen LogP contribution in [0.2, 0.25) is 0 Å². The van der Waals surface area contributed by atoms with E-state index in [0.29, 0.717) is 13.2 Å². The van der Waals surface area contributed by atoms with Crippen molar-refractivity contribution in [3.63, 3.8) is 0 Å². The number of hydrogen-bond acceptors (Lipinski definition) is 4. The summed E-state index contributed by atoms with van der Waals surface area (Å²) in [6.07, 6.45) is 6.07. The van der Waals surface area contributed by atoms with Crippen LogP contribution in [-0.2, 0) is 6.42 Å². The highest BCUT2D eigenvalue weighted by atomic mass is 16.5. The standard InChI is InChI=1S/C22H38N4O2/c1-4-27-20-11-10-19(18-21(20)28-5-2)12-14-25-22(23-3)24-13-6-7-15-26-16-8-9-17-26/h10-11,18H,4-9,12-17H2,1-3H3,(H2,23,24,25). The van der Waals surface area contributed by atoms with E-state index >= 15 is 0 Å². The van der Waals surface area contributed by atoms with Crippen LogP contribution in [0.15, 0.2) is 23.2 Å². The van der Waals surface area contributed by atoms with E-state index in [1.807, 2.05) is 27.0 Å². The molecule has 0 saturated carbocycles. The van der Waals surface area contributed by atoms with Crippen LogP contribution in [0.5, 0.6) is 11.5 Å². The highest BCUT2D eigenvalue weighted by molar-refractivity contribution is 5.79. The molecule has 1 fully saturated rings. The highest BCUT2D eigenvalue weighted by Gasteiger charge is 2.10. The van der Waals surface area contributed by atoms with Gasteiger partial charge in [0.05, 0.1) is 13.2 Å². The van der Waals surface area contributed by atoms with E-state index in [2.05, 4.69) is 32.7 Å². The van der Waals surface area contributed by atoms with Crippen LogP contribution in [0.25, 0.3) is 0 Å². The SMILES string of the molecule is CCOc1ccc(CCNC(=NC)NCCCCN2CCCC2)cc1OCC. The topological polar surface area (TPSA) is 58.1 Å². The molecule has 1 aliphatic heterocycles. The molecular formula is C22H38N4O2. The summed E-state index contributed by atoms with van der Waals surface area (Å²) < 4.78 is 11.3. The van der Waals surface area contributed by atoms with Crippen molar-refractivity contribution in [3.8, 4) is 11.5 Å². The second kappa shape index (κ2) is 13.3. The lowest BCUT2D eigenvalue weighted by molar-refractivity contribution is 0.287. The predicted molar refractivity (Wildman–Crippen MR) is 117 cm³/mol. The van der Waals surface area contributed by atoms with Gasteiger partial charge in [-0.05, 0) is 83.3 Å². The van der Waals surface area contributed by atoms with E-state index in [4.69, 9.17) is 9.47 Å². The van der Waals surface area contributed by atoms with Gasteiger partial charge in [-0.1, -0.05) is 6.07 Å². The molecule has 2 N–H and O–H groups in total. The monoisotopic (exact) mass is 390 g/mol. The summed E-state index contributed by atoms with van der Waals surface area (Å²) in [4.78, 5) is 6.89. The Labute approximate surface area is 170 Å². The van der Waals surface area contributed by atoms with Crippen LogP contribution < -0.4 is 20.1 Å². The lowest BCUT2D eigenvalue weighted by Gasteiger charge is -2.15. The third-order valence-electron chi connectivity index (χ3n) is 4.93. The fourth-order valence-corrected chi connectivity index (χ4v) is 3.47. The normalized spacial score (nSPS) is 14.9. The molecule has 1 aliphatic rings. The number of aliphatic imine (C=N–C) groups is 1. The van der Waals surface area contributed by atoms with Crippen molar-refractivity contribution in [3.05, 3.63) is 23.8 Å². The lowest BCUT2D eigenvalue weighted by atomic mass is 10.1. The molecule has 28 heavy (non-hydrogen) atoms. The number of ether oxygens (including phenoxy) is 2. The zero-order valence-electron chi connectivity index (χ0n) is 17.9. The first-order chi connectivity index (χ1) is 13.8. The molecule has 1 saturated heterocycles. The number of likely N-dealkylation sites (tertiary alicyclic amines) is 1. The fraction of sp³-hybridized carbons (Fsp3) is 0.682. The second-order valence-corrected chi connectivity index (χ2v) is 7.08. The molecule has 0 spiro atoms. The van der Waals surface area contributed by atoms with E-state index in [0.717, 1.165) is 37.0 Å². The predicted octanol–water partition coefficient (Wildman–Crippen LogP) is 3.07. The maximum atomic E-state index is 5.71. The van der Waals surface area contributed by atoms with Crippen LogP contribution in [-0.4, -0.2) is 63.8 Å². The molecule has 6 nitrogen and oxygen atoms in total. The van der Waals surface area contributed by atoms with Gasteiger partial charge in [0.2, 0.25) is 0 Å². The van der Waals surface area contributed by atoms with Crippen molar-refractivity contribution in [1.29, 1.82) is 0 Å². The minimum absolute atomic E-state index is 0.635. The molecule has 0 amide bonds. The summed E-state index contributed by atoms with van der Waals surface area (Å²) in [7, 11) is 1.82. The summed E-state index contributed by atoms with van der Waals surface area (Å²) in [5, 5.41) is 6.81. The zero-order chi connectivity index (χ0) is 20.0. The minimum Gasteiger partial charge on any atom is -0.490 e. The van der Waals surface area contributed by atoms with Gasteiger partial charge in [-0.2, -0.15) is 0 Å². The minimum atomic E-state index is 0.635. The number of benzene rings is 1. The Morgan fingerprint density at radius 2 is 1.71 bits per heavy atom. The van der Waals surface area contributed by atoms with Crippen molar-refractivity contribution in [2.75, 3.05) is 53.0 Å². The molecule has 0 radical (unpaired) electrons. The van der Waals surface area contributed by atoms with E-state index < -0.39 is 0 Å². The van der Waals surface area contributed by atoms with Gasteiger partial charge in [0.15, 0.2) is 17.5 Å². The van der Waals surface area contributed by atoms with Crippen molar-refractivity contribution in [2.45, 2.75) is 46.0 Å². The van der Waals surface area contributed by atoms with Gasteiger partial charge >= 0.3 is 0 Å². The zero-order valence-corrected chi connectivity index (χ0v) is 17.9. The molecule has 0 atom stereocenters. The van der Waals surface area contributed by atoms with Gasteiger partial charge in [-0.15, -0.1) is 0 Å². The van der Waals surface area contributed by atoms with E-state index in [1.165, 1.54) is 50.9 Å². The maximum Gasteiger partial charge on any atom is 0.190 e. The number of rotatable bonds is 12. The number of nitrogens with one attached hydrogen (secondary N) is 2. The third kappa shape index (κ3) is 7.97. The van der Waals surface area contributed by atoms with E-state index in [1.54, 1.807) is 0 Å². The lowest BCUT2D eigenvalue weighted by Crippen LogP contribution is -2.38. The van der Waals surface area contributed by atoms with Gasteiger partial charge in [0.1, 0.15) is 0 Å². The van der Waals surface area contributed by atoms with Gasteiger partial charge in [0.25, 0.3) is 0 Å². The summed E-state index contributed by atoms with van der Waals surface area (Å²) in [5.41, 5.74) is 1.22. The highest BCUT2D eigenvalue weighted by Crippen LogP contribution is 2.28. The Hall–Kier alpha value is -1.95. The van der Waals surface area contributed by atoms with Crippen LogP contribution in [0.1, 0.15) is 45.1 Å². The average Bonchev–Trinajstić information content (AvgIpc) is 3.22. The second-order valence-electron chi connectivity index (χ2n) is 7.08. The third-order valence-corrected chi connectivity index (χ3v) is 4.93. The van der Waals surface area contributed by atoms with Gasteiger partial charge in [0, 0.05) is 20.1 Å². The first kappa shape index (κ1) is 22.3. The Morgan fingerprint density at radius 3 is 2.43 bits per heavy atom. The quantitative estimate of drug-likeness (QED) is 0.326. The van der Waals surface area contributed by atoms with Crippen LogP contribution in [0.4, 0.5) is 0 Å². The molecule has 158 valence electrons. The van der Waals surface area contributed by atoms with Gasteiger partial charge in [-0.25, -0.2) is 0 Å². The number of nitrogens with zero attached hydrogens (tertiary/aromatic N) is 2. The molecule has 2 rings (SSSR count). The van der Waals surface area contributed by atoms with E-state index in [9.17, 15) is 0 Å². The van der Waals surface area contributed by atoms with E-state index in [-0.39, 0.29) is 0 Å². The Balaban J connectivity index is 1.66. The van der Waals surface area contributed by atoms with Crippen LogP contribution in [0.3, 0.4) is 0 Å². The summed E-state index contributed by atoms with van der Waals surface area (Å²) in [5.74, 6) is 2.51. The molecule has 1 heterocycles. The van der Waals surface area contributed by atoms with Crippen molar-refractivity contribution in [1.82, 2.24) is 15.5 Å².